The van der Waals surface area contributed by atoms with Crippen LogP contribution < -0.4 is 5.73 Å². The maximum Gasteiger partial charge on any atom is 0.338 e. The molecule has 5 heteroatoms. The molecule has 1 aromatic rings. The van der Waals surface area contributed by atoms with Crippen LogP contribution >= 0.6 is 15.9 Å². The average Bonchev–Trinajstić information content (AvgIpc) is 2.69. The van der Waals surface area contributed by atoms with Crippen LogP contribution in [0.3, 0.4) is 0 Å². The second-order valence-corrected chi connectivity index (χ2v) is 6.23. The first kappa shape index (κ1) is 14.3. The molecule has 2 N–H and O–H groups in total. The first-order chi connectivity index (χ1) is 8.87. The summed E-state index contributed by atoms with van der Waals surface area (Å²) in [6, 6.07) is 5.02. The highest BCUT2D eigenvalue weighted by Gasteiger charge is 2.32. The van der Waals surface area contributed by atoms with E-state index in [9.17, 15) is 4.79 Å². The lowest BCUT2D eigenvalue weighted by Gasteiger charge is -2.19. The topological polar surface area (TPSA) is 61.5 Å². The van der Waals surface area contributed by atoms with Crippen molar-refractivity contribution in [2.24, 2.45) is 0 Å². The fourth-order valence-corrected chi connectivity index (χ4v) is 2.36. The van der Waals surface area contributed by atoms with Crippen molar-refractivity contribution in [2.75, 3.05) is 12.3 Å². The number of nitrogens with two attached hydrogens (primary N) is 1. The van der Waals surface area contributed by atoms with Crippen molar-refractivity contribution in [3.8, 4) is 0 Å². The summed E-state index contributed by atoms with van der Waals surface area (Å²) in [5, 5.41) is 0. The van der Waals surface area contributed by atoms with Crippen molar-refractivity contribution in [1.82, 2.24) is 0 Å². The summed E-state index contributed by atoms with van der Waals surface area (Å²) in [5.41, 5.74) is 6.60. The molecule has 1 fully saturated rings. The molecule has 1 aliphatic heterocycles. The van der Waals surface area contributed by atoms with E-state index in [1.165, 1.54) is 0 Å². The summed E-state index contributed by atoms with van der Waals surface area (Å²) in [4.78, 5) is 11.9. The predicted octanol–water partition coefficient (Wildman–Crippen LogP) is 3.15. The summed E-state index contributed by atoms with van der Waals surface area (Å²) in [7, 11) is 0. The minimum atomic E-state index is -0.368. The van der Waals surface area contributed by atoms with E-state index in [2.05, 4.69) is 15.9 Å². The van der Waals surface area contributed by atoms with Crippen molar-refractivity contribution in [2.45, 2.75) is 38.4 Å². The van der Waals surface area contributed by atoms with Gasteiger partial charge in [0.05, 0.1) is 17.3 Å². The molecule has 1 aromatic carbocycles. The van der Waals surface area contributed by atoms with Crippen LogP contribution in [0, 0.1) is 0 Å². The Morgan fingerprint density at radius 2 is 2.32 bits per heavy atom. The number of ether oxygens (including phenoxy) is 2. The maximum atomic E-state index is 11.9. The molecular formula is C14H18BrNO3. The number of carbonyl (C=O) groups excluding carboxylic acids is 1. The second kappa shape index (κ2) is 5.51. The first-order valence-corrected chi connectivity index (χ1v) is 7.07. The zero-order valence-electron chi connectivity index (χ0n) is 11.1. The number of nitrogen functional groups attached to an aromatic ring is 1. The molecule has 1 heterocycles. The lowest BCUT2D eigenvalue weighted by atomic mass is 10.1. The minimum absolute atomic E-state index is 0.00764. The lowest BCUT2D eigenvalue weighted by Crippen LogP contribution is -2.24. The van der Waals surface area contributed by atoms with Gasteiger partial charge in [0.1, 0.15) is 6.61 Å². The summed E-state index contributed by atoms with van der Waals surface area (Å²) >= 11 is 3.29. The van der Waals surface area contributed by atoms with Gasteiger partial charge < -0.3 is 15.2 Å². The molecule has 0 aromatic heterocycles. The van der Waals surface area contributed by atoms with Gasteiger partial charge in [0.2, 0.25) is 0 Å². The van der Waals surface area contributed by atoms with Gasteiger partial charge in [-0.25, -0.2) is 4.79 Å². The molecule has 4 nitrogen and oxygen atoms in total. The van der Waals surface area contributed by atoms with Crippen LogP contribution in [0.5, 0.6) is 0 Å². The molecular weight excluding hydrogens is 310 g/mol. The number of hydrogen-bond acceptors (Lipinski definition) is 4. The van der Waals surface area contributed by atoms with Gasteiger partial charge in [-0.3, -0.25) is 0 Å². The summed E-state index contributed by atoms with van der Waals surface area (Å²) in [6.45, 7) is 4.38. The van der Waals surface area contributed by atoms with Crippen molar-refractivity contribution in [1.29, 1.82) is 0 Å². The van der Waals surface area contributed by atoms with Gasteiger partial charge >= 0.3 is 5.97 Å². The van der Waals surface area contributed by atoms with Crippen LogP contribution in [-0.2, 0) is 9.47 Å². The van der Waals surface area contributed by atoms with Gasteiger partial charge in [-0.05, 0) is 60.8 Å². The van der Waals surface area contributed by atoms with Crippen LogP contribution in [-0.4, -0.2) is 24.3 Å². The standard InChI is InChI=1S/C14H18BrNO3/c1-14(2)6-5-10(19-14)8-18-13(17)9-3-4-11(15)12(16)7-9/h3-4,7,10H,5-6,8,16H2,1-2H3. The summed E-state index contributed by atoms with van der Waals surface area (Å²) in [6.07, 6.45) is 1.90. The van der Waals surface area contributed by atoms with Crippen molar-refractivity contribution in [3.05, 3.63) is 28.2 Å². The Bertz CT molecular complexity index is 488. The highest BCUT2D eigenvalue weighted by atomic mass is 79.9. The number of esters is 1. The molecule has 19 heavy (non-hydrogen) atoms. The van der Waals surface area contributed by atoms with Gasteiger partial charge in [-0.2, -0.15) is 0 Å². The Labute approximate surface area is 121 Å². The van der Waals surface area contributed by atoms with Gasteiger partial charge in [-0.15, -0.1) is 0 Å². The van der Waals surface area contributed by atoms with E-state index in [0.29, 0.717) is 11.3 Å². The number of rotatable bonds is 3. The van der Waals surface area contributed by atoms with E-state index in [1.54, 1.807) is 18.2 Å². The SMILES string of the molecule is CC1(C)CCC(COC(=O)c2ccc(Br)c(N)c2)O1. The van der Waals surface area contributed by atoms with Gasteiger partial charge in [-0.1, -0.05) is 0 Å². The Hall–Kier alpha value is -1.07. The van der Waals surface area contributed by atoms with E-state index in [-0.39, 0.29) is 24.3 Å². The molecule has 1 unspecified atom stereocenters. The lowest BCUT2D eigenvalue weighted by molar-refractivity contribution is -0.0444. The molecule has 1 saturated heterocycles. The van der Waals surface area contributed by atoms with E-state index in [0.717, 1.165) is 17.3 Å². The van der Waals surface area contributed by atoms with E-state index in [1.807, 2.05) is 13.8 Å². The monoisotopic (exact) mass is 327 g/mol. The normalized spacial score (nSPS) is 21.3. The Morgan fingerprint density at radius 3 is 2.89 bits per heavy atom. The molecule has 0 aliphatic carbocycles. The molecule has 1 aliphatic rings. The number of hydrogen-bond donors (Lipinski definition) is 1. The van der Waals surface area contributed by atoms with Crippen LogP contribution in [0.25, 0.3) is 0 Å². The molecule has 0 saturated carbocycles. The van der Waals surface area contributed by atoms with Gasteiger partial charge in [0, 0.05) is 10.2 Å². The number of carbonyl (C=O) groups is 1. The van der Waals surface area contributed by atoms with Gasteiger partial charge in [0.15, 0.2) is 0 Å². The van der Waals surface area contributed by atoms with E-state index in [4.69, 9.17) is 15.2 Å². The zero-order valence-corrected chi connectivity index (χ0v) is 12.7. The molecule has 0 bridgehead atoms. The average molecular weight is 328 g/mol. The quantitative estimate of drug-likeness (QED) is 0.684. The summed E-state index contributed by atoms with van der Waals surface area (Å²) < 4.78 is 11.8. The molecule has 0 amide bonds. The third-order valence-corrected chi connectivity index (χ3v) is 3.91. The van der Waals surface area contributed by atoms with Crippen molar-refractivity contribution < 1.29 is 14.3 Å². The number of benzene rings is 1. The van der Waals surface area contributed by atoms with Gasteiger partial charge in [0.25, 0.3) is 0 Å². The van der Waals surface area contributed by atoms with Crippen molar-refractivity contribution in [3.63, 3.8) is 0 Å². The molecule has 2 rings (SSSR count). The van der Waals surface area contributed by atoms with Crippen LogP contribution in [0.2, 0.25) is 0 Å². The number of halogens is 1. The van der Waals surface area contributed by atoms with Crippen LogP contribution in [0.1, 0.15) is 37.0 Å². The highest BCUT2D eigenvalue weighted by molar-refractivity contribution is 9.10. The first-order valence-electron chi connectivity index (χ1n) is 6.27. The highest BCUT2D eigenvalue weighted by Crippen LogP contribution is 2.29. The Balaban J connectivity index is 1.89. The maximum absolute atomic E-state index is 11.9. The van der Waals surface area contributed by atoms with Crippen molar-refractivity contribution >= 4 is 27.6 Å². The smallest absolute Gasteiger partial charge is 0.338 e. The zero-order chi connectivity index (χ0) is 14.0. The Morgan fingerprint density at radius 1 is 1.58 bits per heavy atom. The minimum Gasteiger partial charge on any atom is -0.459 e. The second-order valence-electron chi connectivity index (χ2n) is 5.37. The third kappa shape index (κ3) is 3.70. The largest absolute Gasteiger partial charge is 0.459 e. The van der Waals surface area contributed by atoms with Crippen LogP contribution in [0.15, 0.2) is 22.7 Å². The van der Waals surface area contributed by atoms with Crippen LogP contribution in [0.4, 0.5) is 5.69 Å². The van der Waals surface area contributed by atoms with E-state index < -0.39 is 0 Å². The predicted molar refractivity (Wildman–Crippen MR) is 77.0 cm³/mol. The third-order valence-electron chi connectivity index (χ3n) is 3.19. The molecule has 1 atom stereocenters. The Kier molecular flexibility index (Phi) is 4.16. The molecule has 0 spiro atoms. The molecule has 0 radical (unpaired) electrons. The number of anilines is 1. The fraction of sp³-hybridized carbons (Fsp3) is 0.500. The fourth-order valence-electron chi connectivity index (χ4n) is 2.12. The van der Waals surface area contributed by atoms with E-state index >= 15 is 0 Å². The summed E-state index contributed by atoms with van der Waals surface area (Å²) in [5.74, 6) is -0.368. The molecule has 104 valence electrons.